The molecule has 0 saturated heterocycles. The number of carbonyl (C=O) groups is 1. The highest BCUT2D eigenvalue weighted by molar-refractivity contribution is 5.95. The predicted molar refractivity (Wildman–Crippen MR) is 72.7 cm³/mol. The molecular formula is C15H18N2O2. The lowest BCUT2D eigenvalue weighted by Crippen LogP contribution is -2.36. The van der Waals surface area contributed by atoms with E-state index in [2.05, 4.69) is 5.16 Å². The molecule has 1 amide bonds. The average molecular weight is 258 g/mol. The maximum Gasteiger partial charge on any atom is 0.259 e. The Balaban J connectivity index is 2.22. The van der Waals surface area contributed by atoms with Crippen molar-refractivity contribution in [1.82, 2.24) is 10.1 Å². The van der Waals surface area contributed by atoms with Crippen molar-refractivity contribution in [3.05, 3.63) is 53.4 Å². The number of aryl methyl sites for hydroxylation is 1. The lowest BCUT2D eigenvalue weighted by Gasteiger charge is -2.26. The number of carbonyl (C=O) groups excluding carboxylic acids is 1. The Morgan fingerprint density at radius 2 is 2.00 bits per heavy atom. The number of nitrogens with zero attached hydrogens (tertiary/aromatic N) is 2. The Bertz CT molecular complexity index is 546. The van der Waals surface area contributed by atoms with Gasteiger partial charge in [-0.1, -0.05) is 35.5 Å². The number of rotatable bonds is 4. The highest BCUT2D eigenvalue weighted by atomic mass is 16.5. The maximum atomic E-state index is 12.5. The minimum absolute atomic E-state index is 0.0439. The summed E-state index contributed by atoms with van der Waals surface area (Å²) in [6, 6.07) is 10.1. The molecule has 1 aromatic heterocycles. The quantitative estimate of drug-likeness (QED) is 0.846. The molecule has 19 heavy (non-hydrogen) atoms. The lowest BCUT2D eigenvalue weighted by molar-refractivity contribution is 0.0689. The molecule has 1 heterocycles. The van der Waals surface area contributed by atoms with Gasteiger partial charge in [0.15, 0.2) is 0 Å². The van der Waals surface area contributed by atoms with E-state index in [4.69, 9.17) is 4.52 Å². The molecule has 0 aliphatic carbocycles. The van der Waals surface area contributed by atoms with Crippen LogP contribution in [-0.2, 0) is 6.54 Å². The van der Waals surface area contributed by atoms with E-state index in [0.717, 1.165) is 5.56 Å². The SMILES string of the molecule is Cc1nocc1C(=O)N(Cc1ccccc1)C(C)C. The largest absolute Gasteiger partial charge is 0.364 e. The van der Waals surface area contributed by atoms with Crippen molar-refractivity contribution < 1.29 is 9.32 Å². The average Bonchev–Trinajstić information content (AvgIpc) is 2.82. The molecule has 0 aliphatic heterocycles. The van der Waals surface area contributed by atoms with Gasteiger partial charge < -0.3 is 9.42 Å². The molecule has 1 aromatic carbocycles. The summed E-state index contributed by atoms with van der Waals surface area (Å²) in [5, 5.41) is 3.76. The molecule has 4 heteroatoms. The number of hydrogen-bond donors (Lipinski definition) is 0. The van der Waals surface area contributed by atoms with Crippen LogP contribution in [0.5, 0.6) is 0 Å². The van der Waals surface area contributed by atoms with Gasteiger partial charge in [0.25, 0.3) is 5.91 Å². The molecule has 0 atom stereocenters. The van der Waals surface area contributed by atoms with E-state index in [1.165, 1.54) is 6.26 Å². The van der Waals surface area contributed by atoms with E-state index in [1.807, 2.05) is 49.1 Å². The molecule has 2 aromatic rings. The lowest BCUT2D eigenvalue weighted by atomic mass is 10.1. The van der Waals surface area contributed by atoms with Crippen LogP contribution < -0.4 is 0 Å². The van der Waals surface area contributed by atoms with Gasteiger partial charge in [-0.25, -0.2) is 0 Å². The minimum atomic E-state index is -0.0439. The maximum absolute atomic E-state index is 12.5. The third-order valence-electron chi connectivity index (χ3n) is 3.06. The van der Waals surface area contributed by atoms with E-state index < -0.39 is 0 Å². The highest BCUT2D eigenvalue weighted by Crippen LogP contribution is 2.15. The molecule has 100 valence electrons. The van der Waals surface area contributed by atoms with Crippen molar-refractivity contribution in [3.63, 3.8) is 0 Å². The van der Waals surface area contributed by atoms with Gasteiger partial charge in [0.2, 0.25) is 0 Å². The molecule has 0 aliphatic rings. The number of aromatic nitrogens is 1. The van der Waals surface area contributed by atoms with Gasteiger partial charge in [-0.2, -0.15) is 0 Å². The van der Waals surface area contributed by atoms with Crippen molar-refractivity contribution in [2.45, 2.75) is 33.4 Å². The third-order valence-corrected chi connectivity index (χ3v) is 3.06. The van der Waals surface area contributed by atoms with Gasteiger partial charge in [0, 0.05) is 12.6 Å². The molecule has 0 N–H and O–H groups in total. The van der Waals surface area contributed by atoms with Crippen LogP contribution in [-0.4, -0.2) is 22.0 Å². The summed E-state index contributed by atoms with van der Waals surface area (Å²) in [5.41, 5.74) is 2.27. The second kappa shape index (κ2) is 5.69. The van der Waals surface area contributed by atoms with E-state index >= 15 is 0 Å². The van der Waals surface area contributed by atoms with E-state index in [1.54, 1.807) is 6.92 Å². The van der Waals surface area contributed by atoms with Crippen LogP contribution >= 0.6 is 0 Å². The zero-order valence-electron chi connectivity index (χ0n) is 11.5. The Kier molecular flexibility index (Phi) is 4.00. The van der Waals surface area contributed by atoms with Gasteiger partial charge in [0.1, 0.15) is 11.8 Å². The standard InChI is InChI=1S/C15H18N2O2/c1-11(2)17(9-13-7-5-4-6-8-13)15(18)14-10-19-16-12(14)3/h4-8,10-11H,9H2,1-3H3. The number of amides is 1. The molecule has 0 bridgehead atoms. The second-order valence-electron chi connectivity index (χ2n) is 4.83. The van der Waals surface area contributed by atoms with Crippen molar-refractivity contribution in [1.29, 1.82) is 0 Å². The van der Waals surface area contributed by atoms with Gasteiger partial charge in [0.05, 0.1) is 5.69 Å². The van der Waals surface area contributed by atoms with Gasteiger partial charge in [-0.05, 0) is 26.3 Å². The Hall–Kier alpha value is -2.10. The molecule has 0 radical (unpaired) electrons. The van der Waals surface area contributed by atoms with Gasteiger partial charge >= 0.3 is 0 Å². The van der Waals surface area contributed by atoms with E-state index in [-0.39, 0.29) is 11.9 Å². The van der Waals surface area contributed by atoms with Crippen LogP contribution in [0, 0.1) is 6.92 Å². The molecular weight excluding hydrogens is 240 g/mol. The summed E-state index contributed by atoms with van der Waals surface area (Å²) in [6.45, 7) is 6.37. The summed E-state index contributed by atoms with van der Waals surface area (Å²) in [4.78, 5) is 14.3. The first-order chi connectivity index (χ1) is 9.09. The Morgan fingerprint density at radius 1 is 1.32 bits per heavy atom. The first-order valence-corrected chi connectivity index (χ1v) is 6.35. The molecule has 2 rings (SSSR count). The Morgan fingerprint density at radius 3 is 2.53 bits per heavy atom. The Labute approximate surface area is 113 Å². The normalized spacial score (nSPS) is 10.7. The molecule has 0 saturated carbocycles. The first kappa shape index (κ1) is 13.3. The van der Waals surface area contributed by atoms with Crippen molar-refractivity contribution >= 4 is 5.91 Å². The molecule has 0 spiro atoms. The van der Waals surface area contributed by atoms with Crippen LogP contribution in [0.15, 0.2) is 41.1 Å². The van der Waals surface area contributed by atoms with E-state index in [0.29, 0.717) is 17.8 Å². The number of benzene rings is 1. The third kappa shape index (κ3) is 3.02. The van der Waals surface area contributed by atoms with Crippen molar-refractivity contribution in [2.75, 3.05) is 0 Å². The second-order valence-corrected chi connectivity index (χ2v) is 4.83. The topological polar surface area (TPSA) is 46.3 Å². The van der Waals surface area contributed by atoms with Crippen LogP contribution in [0.3, 0.4) is 0 Å². The fraction of sp³-hybridized carbons (Fsp3) is 0.333. The fourth-order valence-corrected chi connectivity index (χ4v) is 1.92. The van der Waals surface area contributed by atoms with E-state index in [9.17, 15) is 4.79 Å². The number of hydrogen-bond acceptors (Lipinski definition) is 3. The van der Waals surface area contributed by atoms with Crippen molar-refractivity contribution in [2.24, 2.45) is 0 Å². The van der Waals surface area contributed by atoms with Crippen LogP contribution in [0.4, 0.5) is 0 Å². The van der Waals surface area contributed by atoms with Crippen LogP contribution in [0.1, 0.15) is 35.5 Å². The zero-order chi connectivity index (χ0) is 13.8. The summed E-state index contributed by atoms with van der Waals surface area (Å²) in [7, 11) is 0. The summed E-state index contributed by atoms with van der Waals surface area (Å²) < 4.78 is 4.85. The predicted octanol–water partition coefficient (Wildman–Crippen LogP) is 3.03. The summed E-state index contributed by atoms with van der Waals surface area (Å²) in [6.07, 6.45) is 1.41. The summed E-state index contributed by atoms with van der Waals surface area (Å²) in [5.74, 6) is -0.0439. The van der Waals surface area contributed by atoms with Crippen LogP contribution in [0.2, 0.25) is 0 Å². The smallest absolute Gasteiger partial charge is 0.259 e. The highest BCUT2D eigenvalue weighted by Gasteiger charge is 2.22. The first-order valence-electron chi connectivity index (χ1n) is 6.35. The van der Waals surface area contributed by atoms with Gasteiger partial charge in [-0.3, -0.25) is 4.79 Å². The van der Waals surface area contributed by atoms with Gasteiger partial charge in [-0.15, -0.1) is 0 Å². The zero-order valence-corrected chi connectivity index (χ0v) is 11.5. The monoisotopic (exact) mass is 258 g/mol. The van der Waals surface area contributed by atoms with Crippen molar-refractivity contribution in [3.8, 4) is 0 Å². The van der Waals surface area contributed by atoms with Crippen LogP contribution in [0.25, 0.3) is 0 Å². The summed E-state index contributed by atoms with van der Waals surface area (Å²) >= 11 is 0. The molecule has 0 fully saturated rings. The molecule has 0 unspecified atom stereocenters. The minimum Gasteiger partial charge on any atom is -0.364 e. The molecule has 4 nitrogen and oxygen atoms in total. The fourth-order valence-electron chi connectivity index (χ4n) is 1.92.